The molecule has 3 aromatic rings. The number of alkyl halides is 3. The van der Waals surface area contributed by atoms with E-state index in [9.17, 15) is 31.2 Å². The number of piperazine rings is 1. The minimum atomic E-state index is -4.93. The highest BCUT2D eigenvalue weighted by Gasteiger charge is 2.41. The Hall–Kier alpha value is -3.62. The van der Waals surface area contributed by atoms with Gasteiger partial charge >= 0.3 is 12.3 Å². The standard InChI is InChI=1S/C31H36F3N3O6S2/c1-5-6-21-7-9-22(10-8-21)19-35-28(38)25-20-36(27-16-15-26(44-27)29(39)43-30(2,3)4)17-18-37(25)45(40,41)24-13-11-23(12-14-24)42-31(32,33)34/h7-16,25H,5-6,17-20H2,1-4H3,(H,35,38). The quantitative estimate of drug-likeness (QED) is 0.275. The van der Waals surface area contributed by atoms with E-state index in [1.54, 1.807) is 32.9 Å². The first-order valence-corrected chi connectivity index (χ1v) is 16.6. The summed E-state index contributed by atoms with van der Waals surface area (Å²) in [6.45, 7) is 7.62. The summed E-state index contributed by atoms with van der Waals surface area (Å²) in [7, 11) is -4.31. The lowest BCUT2D eigenvalue weighted by molar-refractivity contribution is -0.274. The number of ether oxygens (including phenoxy) is 2. The lowest BCUT2D eigenvalue weighted by Crippen LogP contribution is -2.60. The van der Waals surface area contributed by atoms with Crippen LogP contribution in [0.15, 0.2) is 65.6 Å². The molecule has 0 spiro atoms. The van der Waals surface area contributed by atoms with E-state index in [1.807, 2.05) is 29.2 Å². The highest BCUT2D eigenvalue weighted by atomic mass is 32.2. The minimum Gasteiger partial charge on any atom is -0.456 e. The fraction of sp³-hybridized carbons (Fsp3) is 0.419. The van der Waals surface area contributed by atoms with Gasteiger partial charge in [0.15, 0.2) is 0 Å². The number of esters is 1. The van der Waals surface area contributed by atoms with E-state index in [-0.39, 0.29) is 31.1 Å². The maximum Gasteiger partial charge on any atom is 0.573 e. The van der Waals surface area contributed by atoms with Gasteiger partial charge in [0.25, 0.3) is 0 Å². The molecular formula is C31H36F3N3O6S2. The maximum absolute atomic E-state index is 13.7. The van der Waals surface area contributed by atoms with Crippen molar-refractivity contribution >= 4 is 38.2 Å². The van der Waals surface area contributed by atoms with Crippen LogP contribution in [0, 0.1) is 0 Å². The van der Waals surface area contributed by atoms with Gasteiger partial charge in [-0.05, 0) is 74.7 Å². The van der Waals surface area contributed by atoms with Crippen LogP contribution in [0.2, 0.25) is 0 Å². The van der Waals surface area contributed by atoms with Gasteiger partial charge in [-0.2, -0.15) is 4.31 Å². The second kappa shape index (κ2) is 13.8. The van der Waals surface area contributed by atoms with Crippen molar-refractivity contribution in [2.24, 2.45) is 0 Å². The predicted molar refractivity (Wildman–Crippen MR) is 165 cm³/mol. The minimum absolute atomic E-state index is 0.0238. The molecule has 2 heterocycles. The number of thiophene rings is 1. The lowest BCUT2D eigenvalue weighted by Gasteiger charge is -2.40. The van der Waals surface area contributed by atoms with Crippen LogP contribution in [0.25, 0.3) is 0 Å². The van der Waals surface area contributed by atoms with E-state index >= 15 is 0 Å². The molecule has 1 unspecified atom stereocenters. The molecule has 0 saturated carbocycles. The van der Waals surface area contributed by atoms with E-state index < -0.39 is 45.7 Å². The smallest absolute Gasteiger partial charge is 0.456 e. The number of anilines is 1. The van der Waals surface area contributed by atoms with E-state index in [4.69, 9.17) is 4.74 Å². The highest BCUT2D eigenvalue weighted by molar-refractivity contribution is 7.89. The zero-order valence-electron chi connectivity index (χ0n) is 25.4. The van der Waals surface area contributed by atoms with Crippen LogP contribution < -0.4 is 15.0 Å². The molecule has 244 valence electrons. The van der Waals surface area contributed by atoms with Crippen molar-refractivity contribution in [1.82, 2.24) is 9.62 Å². The van der Waals surface area contributed by atoms with Gasteiger partial charge in [0.1, 0.15) is 22.3 Å². The van der Waals surface area contributed by atoms with Crippen molar-refractivity contribution < 1.29 is 40.7 Å². The van der Waals surface area contributed by atoms with E-state index in [0.717, 1.165) is 47.0 Å². The zero-order valence-corrected chi connectivity index (χ0v) is 27.0. The van der Waals surface area contributed by atoms with E-state index in [1.165, 1.54) is 16.9 Å². The molecule has 0 aliphatic carbocycles. The molecule has 45 heavy (non-hydrogen) atoms. The highest BCUT2D eigenvalue weighted by Crippen LogP contribution is 2.32. The molecule has 1 aliphatic heterocycles. The molecule has 1 amide bonds. The molecule has 14 heteroatoms. The Kier molecular flexibility index (Phi) is 10.5. The van der Waals surface area contributed by atoms with Gasteiger partial charge in [0, 0.05) is 26.2 Å². The third-order valence-electron chi connectivity index (χ3n) is 6.83. The fourth-order valence-electron chi connectivity index (χ4n) is 4.77. The van der Waals surface area contributed by atoms with Crippen LogP contribution in [0.5, 0.6) is 5.75 Å². The van der Waals surface area contributed by atoms with Crippen LogP contribution in [0.4, 0.5) is 18.2 Å². The number of carbonyl (C=O) groups is 2. The Bertz CT molecular complexity index is 1580. The number of rotatable bonds is 10. The first kappa shape index (κ1) is 34.3. The molecule has 1 atom stereocenters. The first-order chi connectivity index (χ1) is 21.1. The number of amides is 1. The Morgan fingerprint density at radius 3 is 2.20 bits per heavy atom. The lowest BCUT2D eigenvalue weighted by atomic mass is 10.1. The third kappa shape index (κ3) is 9.21. The molecule has 4 rings (SSSR count). The Labute approximate surface area is 265 Å². The topological polar surface area (TPSA) is 105 Å². The van der Waals surface area contributed by atoms with Gasteiger partial charge in [0.05, 0.1) is 9.90 Å². The number of nitrogens with one attached hydrogen (secondary N) is 1. The summed E-state index contributed by atoms with van der Waals surface area (Å²) in [4.78, 5) is 28.1. The van der Waals surface area contributed by atoms with Crippen molar-refractivity contribution in [3.05, 3.63) is 76.7 Å². The second-order valence-corrected chi connectivity index (χ2v) is 14.5. The Morgan fingerprint density at radius 1 is 0.956 bits per heavy atom. The van der Waals surface area contributed by atoms with Crippen molar-refractivity contribution in [2.45, 2.75) is 70.0 Å². The summed E-state index contributed by atoms with van der Waals surface area (Å²) in [6, 6.07) is 13.8. The van der Waals surface area contributed by atoms with Gasteiger partial charge in [-0.25, -0.2) is 13.2 Å². The number of benzene rings is 2. The maximum atomic E-state index is 13.7. The summed E-state index contributed by atoms with van der Waals surface area (Å²) >= 11 is 1.17. The van der Waals surface area contributed by atoms with Crippen LogP contribution in [0.1, 0.15) is 54.9 Å². The van der Waals surface area contributed by atoms with Crippen LogP contribution >= 0.6 is 11.3 Å². The molecule has 2 aromatic carbocycles. The van der Waals surface area contributed by atoms with Crippen molar-refractivity contribution in [3.63, 3.8) is 0 Å². The molecule has 1 aliphatic rings. The second-order valence-electron chi connectivity index (χ2n) is 11.5. The van der Waals surface area contributed by atoms with Gasteiger partial charge in [0.2, 0.25) is 15.9 Å². The first-order valence-electron chi connectivity index (χ1n) is 14.4. The van der Waals surface area contributed by atoms with Crippen molar-refractivity contribution in [2.75, 3.05) is 24.5 Å². The average Bonchev–Trinajstić information content (AvgIpc) is 3.46. The average molecular weight is 668 g/mol. The largest absolute Gasteiger partial charge is 0.573 e. The number of hydrogen-bond acceptors (Lipinski definition) is 8. The molecule has 1 aromatic heterocycles. The summed E-state index contributed by atoms with van der Waals surface area (Å²) < 4.78 is 75.8. The molecule has 9 nitrogen and oxygen atoms in total. The number of sulfonamides is 1. The Morgan fingerprint density at radius 2 is 1.60 bits per heavy atom. The van der Waals surface area contributed by atoms with E-state index in [0.29, 0.717) is 9.88 Å². The third-order valence-corrected chi connectivity index (χ3v) is 9.88. The van der Waals surface area contributed by atoms with E-state index in [2.05, 4.69) is 17.0 Å². The molecule has 1 saturated heterocycles. The van der Waals surface area contributed by atoms with Crippen LogP contribution in [0.3, 0.4) is 0 Å². The summed E-state index contributed by atoms with van der Waals surface area (Å²) in [5.74, 6) is -1.59. The van der Waals surface area contributed by atoms with Gasteiger partial charge in [-0.15, -0.1) is 24.5 Å². The van der Waals surface area contributed by atoms with Crippen molar-refractivity contribution in [1.29, 1.82) is 0 Å². The monoisotopic (exact) mass is 667 g/mol. The van der Waals surface area contributed by atoms with Gasteiger partial charge in [-0.3, -0.25) is 4.79 Å². The summed E-state index contributed by atoms with van der Waals surface area (Å²) in [5, 5.41) is 3.50. The zero-order chi connectivity index (χ0) is 33.0. The SMILES string of the molecule is CCCc1ccc(CNC(=O)C2CN(c3ccc(C(=O)OC(C)(C)C)s3)CCN2S(=O)(=O)c2ccc(OC(F)(F)F)cc2)cc1. The predicted octanol–water partition coefficient (Wildman–Crippen LogP) is 5.75. The molecule has 0 radical (unpaired) electrons. The fourth-order valence-corrected chi connectivity index (χ4v) is 7.26. The number of carbonyl (C=O) groups excluding carboxylic acids is 2. The van der Waals surface area contributed by atoms with Gasteiger partial charge < -0.3 is 19.7 Å². The molecule has 1 fully saturated rings. The van der Waals surface area contributed by atoms with Crippen LogP contribution in [-0.2, 0) is 32.5 Å². The molecule has 0 bridgehead atoms. The van der Waals surface area contributed by atoms with Crippen LogP contribution in [-0.4, -0.2) is 62.2 Å². The number of halogens is 3. The molecular weight excluding hydrogens is 631 g/mol. The Balaban J connectivity index is 1.57. The number of nitrogens with zero attached hydrogens (tertiary/aromatic N) is 2. The number of aryl methyl sites for hydroxylation is 1. The van der Waals surface area contributed by atoms with Crippen molar-refractivity contribution in [3.8, 4) is 5.75 Å². The molecule has 1 N–H and O–H groups in total. The number of hydrogen-bond donors (Lipinski definition) is 1. The normalized spacial score (nSPS) is 16.3. The summed E-state index contributed by atoms with van der Waals surface area (Å²) in [5.41, 5.74) is 1.32. The van der Waals surface area contributed by atoms with Gasteiger partial charge in [-0.1, -0.05) is 37.6 Å². The summed E-state index contributed by atoms with van der Waals surface area (Å²) in [6.07, 6.45) is -3.00.